The van der Waals surface area contributed by atoms with Crippen molar-refractivity contribution in [1.82, 2.24) is 10.6 Å². The van der Waals surface area contributed by atoms with Crippen LogP contribution in [0.25, 0.3) is 0 Å². The number of amides is 1. The molecule has 1 fully saturated rings. The lowest BCUT2D eigenvalue weighted by atomic mass is 9.84. The fraction of sp³-hybridized carbons (Fsp3) is 0.588. The van der Waals surface area contributed by atoms with Gasteiger partial charge < -0.3 is 15.4 Å². The molecular formula is C17H26N2O2. The minimum Gasteiger partial charge on any atom is -0.496 e. The largest absolute Gasteiger partial charge is 0.496 e. The summed E-state index contributed by atoms with van der Waals surface area (Å²) in [4.78, 5) is 12.6. The summed E-state index contributed by atoms with van der Waals surface area (Å²) in [5.41, 5.74) is 0.619. The van der Waals surface area contributed by atoms with Crippen LogP contribution >= 0.6 is 0 Å². The second kappa shape index (κ2) is 6.94. The molecule has 1 aliphatic rings. The topological polar surface area (TPSA) is 50.4 Å². The molecule has 1 heterocycles. The van der Waals surface area contributed by atoms with Gasteiger partial charge in [0.15, 0.2) is 0 Å². The van der Waals surface area contributed by atoms with Crippen LogP contribution in [0, 0.1) is 5.41 Å². The van der Waals surface area contributed by atoms with E-state index >= 15 is 0 Å². The highest BCUT2D eigenvalue weighted by Crippen LogP contribution is 2.28. The Bertz CT molecular complexity index is 479. The molecule has 0 spiro atoms. The van der Waals surface area contributed by atoms with E-state index in [4.69, 9.17) is 4.74 Å². The van der Waals surface area contributed by atoms with Crippen LogP contribution < -0.4 is 15.4 Å². The second-order valence-corrected chi connectivity index (χ2v) is 6.39. The van der Waals surface area contributed by atoms with Crippen molar-refractivity contribution >= 4 is 5.91 Å². The predicted molar refractivity (Wildman–Crippen MR) is 84.5 cm³/mol. The Kier molecular flexibility index (Phi) is 5.23. The minimum absolute atomic E-state index is 0.113. The predicted octanol–water partition coefficient (Wildman–Crippen LogP) is 2.13. The van der Waals surface area contributed by atoms with Gasteiger partial charge in [0.05, 0.1) is 7.11 Å². The first kappa shape index (κ1) is 15.8. The zero-order valence-electron chi connectivity index (χ0n) is 13.2. The van der Waals surface area contributed by atoms with Crippen molar-refractivity contribution in [2.24, 2.45) is 5.41 Å². The van der Waals surface area contributed by atoms with Gasteiger partial charge in [0.2, 0.25) is 5.91 Å². The number of nitrogens with one attached hydrogen (secondary N) is 2. The molecule has 1 aromatic carbocycles. The first-order valence-corrected chi connectivity index (χ1v) is 7.66. The van der Waals surface area contributed by atoms with E-state index in [1.54, 1.807) is 7.11 Å². The van der Waals surface area contributed by atoms with Gasteiger partial charge in [-0.1, -0.05) is 32.0 Å². The highest BCUT2D eigenvalue weighted by Gasteiger charge is 2.30. The van der Waals surface area contributed by atoms with Gasteiger partial charge in [0.25, 0.3) is 0 Å². The van der Waals surface area contributed by atoms with Crippen LogP contribution in [-0.4, -0.2) is 32.1 Å². The first-order valence-electron chi connectivity index (χ1n) is 7.66. The maximum absolute atomic E-state index is 12.6. The molecule has 21 heavy (non-hydrogen) atoms. The van der Waals surface area contributed by atoms with Crippen LogP contribution in [-0.2, 0) is 11.2 Å². The molecule has 0 aliphatic carbocycles. The fourth-order valence-corrected chi connectivity index (χ4v) is 2.76. The number of methoxy groups -OCH3 is 1. The van der Waals surface area contributed by atoms with E-state index in [2.05, 4.69) is 10.6 Å². The molecule has 0 saturated carbocycles. The van der Waals surface area contributed by atoms with Crippen molar-refractivity contribution in [3.8, 4) is 5.75 Å². The Morgan fingerprint density at radius 3 is 2.86 bits per heavy atom. The molecule has 1 amide bonds. The van der Waals surface area contributed by atoms with Crippen molar-refractivity contribution in [1.29, 1.82) is 0 Å². The van der Waals surface area contributed by atoms with Crippen LogP contribution in [0.5, 0.6) is 5.75 Å². The summed E-state index contributed by atoms with van der Waals surface area (Å²) in [5.74, 6) is 0.958. The summed E-state index contributed by atoms with van der Waals surface area (Å²) in [6.07, 6.45) is 2.85. The summed E-state index contributed by atoms with van der Waals surface area (Å²) in [7, 11) is 1.67. The third kappa shape index (κ3) is 4.21. The van der Waals surface area contributed by atoms with Gasteiger partial charge in [-0.15, -0.1) is 0 Å². The van der Waals surface area contributed by atoms with Gasteiger partial charge in [0, 0.05) is 18.0 Å². The third-order valence-electron chi connectivity index (χ3n) is 4.07. The van der Waals surface area contributed by atoms with E-state index in [0.29, 0.717) is 6.42 Å². The van der Waals surface area contributed by atoms with E-state index in [0.717, 1.165) is 37.2 Å². The Morgan fingerprint density at radius 2 is 2.19 bits per heavy atom. The number of hydrogen-bond donors (Lipinski definition) is 2. The molecule has 116 valence electrons. The molecule has 4 nitrogen and oxygen atoms in total. The van der Waals surface area contributed by atoms with Gasteiger partial charge in [-0.2, -0.15) is 0 Å². The number of carbonyl (C=O) groups is 1. The average Bonchev–Trinajstić information content (AvgIpc) is 2.48. The molecule has 0 aromatic heterocycles. The van der Waals surface area contributed by atoms with Gasteiger partial charge >= 0.3 is 0 Å². The number of rotatable bonds is 5. The monoisotopic (exact) mass is 290 g/mol. The first-order chi connectivity index (χ1) is 10.0. The Hall–Kier alpha value is -1.55. The quantitative estimate of drug-likeness (QED) is 0.873. The van der Waals surface area contributed by atoms with Gasteiger partial charge in [0.1, 0.15) is 5.75 Å². The van der Waals surface area contributed by atoms with E-state index in [-0.39, 0.29) is 11.9 Å². The molecule has 1 atom stereocenters. The van der Waals surface area contributed by atoms with Crippen molar-refractivity contribution in [2.45, 2.75) is 39.2 Å². The van der Waals surface area contributed by atoms with Crippen molar-refractivity contribution < 1.29 is 9.53 Å². The zero-order valence-corrected chi connectivity index (χ0v) is 13.2. The minimum atomic E-state index is -0.452. The number of piperidine rings is 1. The van der Waals surface area contributed by atoms with Crippen LogP contribution in [0.2, 0.25) is 0 Å². The molecule has 2 N–H and O–H groups in total. The summed E-state index contributed by atoms with van der Waals surface area (Å²) in [6.45, 7) is 5.91. The van der Waals surface area contributed by atoms with Crippen LogP contribution in [0.1, 0.15) is 32.3 Å². The van der Waals surface area contributed by atoms with Gasteiger partial charge in [-0.25, -0.2) is 0 Å². The highest BCUT2D eigenvalue weighted by molar-refractivity contribution is 5.82. The number of hydrogen-bond acceptors (Lipinski definition) is 3. The number of para-hydroxylation sites is 1. The molecule has 4 heteroatoms. The van der Waals surface area contributed by atoms with Crippen molar-refractivity contribution in [2.75, 3.05) is 20.2 Å². The molecule has 2 rings (SSSR count). The lowest BCUT2D eigenvalue weighted by Gasteiger charge is -2.30. The normalized spacial score (nSPS) is 19.1. The van der Waals surface area contributed by atoms with Crippen LogP contribution in [0.4, 0.5) is 0 Å². The average molecular weight is 290 g/mol. The van der Waals surface area contributed by atoms with E-state index in [9.17, 15) is 4.79 Å². The summed E-state index contributed by atoms with van der Waals surface area (Å²) < 4.78 is 5.38. The fourth-order valence-electron chi connectivity index (χ4n) is 2.76. The van der Waals surface area contributed by atoms with Crippen LogP contribution in [0.3, 0.4) is 0 Å². The Balaban J connectivity index is 2.01. The molecular weight excluding hydrogens is 264 g/mol. The molecule has 1 aliphatic heterocycles. The van der Waals surface area contributed by atoms with E-state index in [1.165, 1.54) is 0 Å². The highest BCUT2D eigenvalue weighted by atomic mass is 16.5. The summed E-state index contributed by atoms with van der Waals surface area (Å²) in [6, 6.07) is 8.15. The third-order valence-corrected chi connectivity index (χ3v) is 4.07. The van der Waals surface area contributed by atoms with E-state index in [1.807, 2.05) is 38.1 Å². The molecule has 1 aromatic rings. The second-order valence-electron chi connectivity index (χ2n) is 6.39. The SMILES string of the molecule is COc1ccccc1CC(C)(C)C(=O)N[C@H]1CCCNC1. The zero-order chi connectivity index (χ0) is 15.3. The number of carbonyl (C=O) groups excluding carboxylic acids is 1. The Labute approximate surface area is 127 Å². The standard InChI is InChI=1S/C17H26N2O2/c1-17(2,11-13-7-4-5-9-15(13)21-3)16(20)19-14-8-6-10-18-12-14/h4-5,7,9,14,18H,6,8,10-12H2,1-3H3,(H,19,20)/t14-/m0/s1. The maximum Gasteiger partial charge on any atom is 0.226 e. The van der Waals surface area contributed by atoms with Crippen molar-refractivity contribution in [3.63, 3.8) is 0 Å². The Morgan fingerprint density at radius 1 is 1.43 bits per heavy atom. The van der Waals surface area contributed by atoms with Gasteiger partial charge in [-0.3, -0.25) is 4.79 Å². The van der Waals surface area contributed by atoms with Gasteiger partial charge in [-0.05, 0) is 37.4 Å². The van der Waals surface area contributed by atoms with Crippen molar-refractivity contribution in [3.05, 3.63) is 29.8 Å². The smallest absolute Gasteiger partial charge is 0.226 e. The number of ether oxygens (including phenoxy) is 1. The molecule has 0 unspecified atom stereocenters. The van der Waals surface area contributed by atoms with E-state index < -0.39 is 5.41 Å². The maximum atomic E-state index is 12.6. The molecule has 0 bridgehead atoms. The summed E-state index contributed by atoms with van der Waals surface area (Å²) in [5, 5.41) is 6.50. The molecule has 1 saturated heterocycles. The molecule has 0 radical (unpaired) electrons. The van der Waals surface area contributed by atoms with Crippen LogP contribution in [0.15, 0.2) is 24.3 Å². The lowest BCUT2D eigenvalue weighted by Crippen LogP contribution is -2.50. The summed E-state index contributed by atoms with van der Waals surface area (Å²) >= 11 is 0. The lowest BCUT2D eigenvalue weighted by molar-refractivity contribution is -0.130. The number of benzene rings is 1.